The summed E-state index contributed by atoms with van der Waals surface area (Å²) in [5, 5.41) is 2.11. The third kappa shape index (κ3) is 4.92. The van der Waals surface area contributed by atoms with Gasteiger partial charge in [-0.05, 0) is 0 Å². The van der Waals surface area contributed by atoms with Gasteiger partial charge in [0.2, 0.25) is 5.91 Å². The Bertz CT molecular complexity index is 113. The van der Waals surface area contributed by atoms with Gasteiger partial charge in [0.05, 0.1) is 6.20 Å². The smallest absolute Gasteiger partial charge is 0.221 e. The maximum atomic E-state index is 9.88. The molecule has 3 heteroatoms. The van der Waals surface area contributed by atoms with Crippen molar-refractivity contribution in [1.29, 1.82) is 0 Å². The molecule has 0 aliphatic carbocycles. The summed E-state index contributed by atoms with van der Waals surface area (Å²) in [6, 6.07) is 0. The van der Waals surface area contributed by atoms with Crippen molar-refractivity contribution >= 4 is 11.8 Å². The standard InChI is InChI=1S/C4H5NO2/c1-4(7)5-2-3-6/h2H,1H3,(H,5,7). The van der Waals surface area contributed by atoms with Crippen molar-refractivity contribution in [1.82, 2.24) is 5.32 Å². The second kappa shape index (κ2) is 3.12. The van der Waals surface area contributed by atoms with Crippen molar-refractivity contribution in [3.05, 3.63) is 6.20 Å². The predicted molar refractivity (Wildman–Crippen MR) is 24.1 cm³/mol. The molecule has 0 spiro atoms. The molecule has 38 valence electrons. The molecule has 7 heavy (non-hydrogen) atoms. The van der Waals surface area contributed by atoms with Gasteiger partial charge in [-0.2, -0.15) is 0 Å². The third-order valence-electron chi connectivity index (χ3n) is 0.334. The Morgan fingerprint density at radius 2 is 2.43 bits per heavy atom. The summed E-state index contributed by atoms with van der Waals surface area (Å²) >= 11 is 0. The van der Waals surface area contributed by atoms with E-state index in [1.54, 1.807) is 0 Å². The molecule has 0 fully saturated rings. The Kier molecular flexibility index (Phi) is 2.64. The molecule has 0 rings (SSSR count). The Morgan fingerprint density at radius 1 is 1.86 bits per heavy atom. The average Bonchev–Trinajstić information content (AvgIpc) is 1.61. The van der Waals surface area contributed by atoms with E-state index >= 15 is 0 Å². The molecule has 0 bridgehead atoms. The molecule has 0 aliphatic rings. The van der Waals surface area contributed by atoms with E-state index in [9.17, 15) is 9.59 Å². The molecule has 0 atom stereocenters. The summed E-state index contributed by atoms with van der Waals surface area (Å²) in [5.74, 6) is 1.13. The molecule has 1 N–H and O–H groups in total. The Morgan fingerprint density at radius 3 is 2.57 bits per heavy atom. The van der Waals surface area contributed by atoms with E-state index in [0.29, 0.717) is 0 Å². The first-order valence-corrected chi connectivity index (χ1v) is 1.74. The van der Waals surface area contributed by atoms with Gasteiger partial charge in [0, 0.05) is 6.92 Å². The van der Waals surface area contributed by atoms with Gasteiger partial charge in [-0.1, -0.05) is 0 Å². The van der Waals surface area contributed by atoms with Gasteiger partial charge in [0.15, 0.2) is 0 Å². The van der Waals surface area contributed by atoms with E-state index in [1.165, 1.54) is 12.9 Å². The lowest BCUT2D eigenvalue weighted by atomic mass is 10.7. The van der Waals surface area contributed by atoms with Crippen LogP contribution < -0.4 is 5.32 Å². The largest absolute Gasteiger partial charge is 0.323 e. The van der Waals surface area contributed by atoms with E-state index in [2.05, 4.69) is 5.32 Å². The molecule has 0 unspecified atom stereocenters. The van der Waals surface area contributed by atoms with Crippen LogP contribution in [0.2, 0.25) is 0 Å². The number of hydrogen-bond donors (Lipinski definition) is 1. The lowest BCUT2D eigenvalue weighted by Gasteiger charge is -1.81. The third-order valence-corrected chi connectivity index (χ3v) is 0.334. The second-order valence-corrected chi connectivity index (χ2v) is 0.963. The highest BCUT2D eigenvalue weighted by Crippen LogP contribution is 1.53. The van der Waals surface area contributed by atoms with E-state index in [0.717, 1.165) is 6.20 Å². The Hall–Kier alpha value is -1.08. The van der Waals surface area contributed by atoms with Gasteiger partial charge in [-0.25, -0.2) is 4.79 Å². The predicted octanol–water partition coefficient (Wildman–Crippen LogP) is -0.532. The monoisotopic (exact) mass is 99.0 g/mol. The van der Waals surface area contributed by atoms with Crippen LogP contribution in [0.5, 0.6) is 0 Å². The highest BCUT2D eigenvalue weighted by molar-refractivity contribution is 5.75. The van der Waals surface area contributed by atoms with Crippen molar-refractivity contribution in [3.8, 4) is 0 Å². The zero-order valence-corrected chi connectivity index (χ0v) is 3.89. The maximum absolute atomic E-state index is 9.88. The summed E-state index contributed by atoms with van der Waals surface area (Å²) < 4.78 is 0. The number of hydrogen-bond acceptors (Lipinski definition) is 2. The highest BCUT2D eigenvalue weighted by atomic mass is 16.1. The van der Waals surface area contributed by atoms with Gasteiger partial charge in [0.25, 0.3) is 0 Å². The quantitative estimate of drug-likeness (QED) is 0.449. The Balaban J connectivity index is 3.32. The van der Waals surface area contributed by atoms with Crippen LogP contribution in [0.25, 0.3) is 0 Å². The molecule has 0 aromatic carbocycles. The molecule has 0 aromatic heterocycles. The number of amides is 1. The number of nitrogens with one attached hydrogen (secondary N) is 1. The molecule has 3 nitrogen and oxygen atoms in total. The summed E-state index contributed by atoms with van der Waals surface area (Å²) in [4.78, 5) is 19.2. The maximum Gasteiger partial charge on any atom is 0.221 e. The second-order valence-electron chi connectivity index (χ2n) is 0.963. The topological polar surface area (TPSA) is 46.2 Å². The normalized spacial score (nSPS) is 6.43. The molecule has 0 saturated carbocycles. The van der Waals surface area contributed by atoms with Gasteiger partial charge >= 0.3 is 0 Å². The van der Waals surface area contributed by atoms with Crippen molar-refractivity contribution in [2.75, 3.05) is 0 Å². The zero-order valence-electron chi connectivity index (χ0n) is 3.89. The molecule has 0 radical (unpaired) electrons. The minimum atomic E-state index is -0.261. The van der Waals surface area contributed by atoms with Crippen LogP contribution in [0, 0.1) is 0 Å². The SMILES string of the molecule is CC(=O)NC=C=O. The van der Waals surface area contributed by atoms with Gasteiger partial charge in [-0.15, -0.1) is 0 Å². The first-order valence-electron chi connectivity index (χ1n) is 1.74. The molecule has 0 aromatic rings. The van der Waals surface area contributed by atoms with Crippen molar-refractivity contribution < 1.29 is 9.59 Å². The minimum absolute atomic E-state index is 0.261. The van der Waals surface area contributed by atoms with Crippen LogP contribution in [0.4, 0.5) is 0 Å². The molecule has 0 aliphatic heterocycles. The number of carbonyl (C=O) groups is 1. The van der Waals surface area contributed by atoms with Crippen LogP contribution in [0.15, 0.2) is 6.20 Å². The fourth-order valence-electron chi connectivity index (χ4n) is 0.131. The average molecular weight is 99.1 g/mol. The molecular formula is C4H5NO2. The highest BCUT2D eigenvalue weighted by Gasteiger charge is 1.78. The van der Waals surface area contributed by atoms with Crippen molar-refractivity contribution in [2.24, 2.45) is 0 Å². The molecule has 0 saturated heterocycles. The summed E-state index contributed by atoms with van der Waals surface area (Å²) in [6.45, 7) is 1.31. The van der Waals surface area contributed by atoms with Gasteiger partial charge in [0.1, 0.15) is 5.94 Å². The van der Waals surface area contributed by atoms with Crippen LogP contribution in [0.1, 0.15) is 6.92 Å². The number of rotatable bonds is 1. The first-order chi connectivity index (χ1) is 3.27. The fourth-order valence-corrected chi connectivity index (χ4v) is 0.131. The van der Waals surface area contributed by atoms with Crippen LogP contribution in [-0.2, 0) is 9.59 Å². The van der Waals surface area contributed by atoms with Gasteiger partial charge in [-0.3, -0.25) is 4.79 Å². The first kappa shape index (κ1) is 5.92. The van der Waals surface area contributed by atoms with Crippen LogP contribution in [0.3, 0.4) is 0 Å². The van der Waals surface area contributed by atoms with Gasteiger partial charge < -0.3 is 5.32 Å². The summed E-state index contributed by atoms with van der Waals surface area (Å²) in [6.07, 6.45) is 0.919. The minimum Gasteiger partial charge on any atom is -0.323 e. The van der Waals surface area contributed by atoms with Crippen LogP contribution >= 0.6 is 0 Å². The van der Waals surface area contributed by atoms with Crippen molar-refractivity contribution in [3.63, 3.8) is 0 Å². The molecule has 1 amide bonds. The Labute approximate surface area is 41.0 Å². The lowest BCUT2D eigenvalue weighted by molar-refractivity contribution is -0.118. The lowest BCUT2D eigenvalue weighted by Crippen LogP contribution is -2.11. The van der Waals surface area contributed by atoms with E-state index < -0.39 is 0 Å². The number of carbonyl (C=O) groups excluding carboxylic acids is 2. The van der Waals surface area contributed by atoms with E-state index in [-0.39, 0.29) is 5.91 Å². The summed E-state index contributed by atoms with van der Waals surface area (Å²) in [7, 11) is 0. The molecule has 0 heterocycles. The van der Waals surface area contributed by atoms with Crippen molar-refractivity contribution in [2.45, 2.75) is 6.92 Å². The molecular weight excluding hydrogens is 94.0 g/mol. The van der Waals surface area contributed by atoms with Crippen LogP contribution in [-0.4, -0.2) is 11.8 Å². The zero-order chi connectivity index (χ0) is 5.70. The fraction of sp³-hybridized carbons (Fsp3) is 0.250. The summed E-state index contributed by atoms with van der Waals surface area (Å²) in [5.41, 5.74) is 0. The van der Waals surface area contributed by atoms with E-state index in [1.807, 2.05) is 0 Å². The van der Waals surface area contributed by atoms with E-state index in [4.69, 9.17) is 0 Å².